The number of hydrogen-bond acceptors (Lipinski definition) is 4. The monoisotopic (exact) mass is 364 g/mol. The van der Waals surface area contributed by atoms with Gasteiger partial charge in [0.1, 0.15) is 0 Å². The van der Waals surface area contributed by atoms with Gasteiger partial charge in [-0.25, -0.2) is 0 Å². The normalized spacial score (nSPS) is 31.5. The molecule has 4 aliphatic rings. The van der Waals surface area contributed by atoms with Crippen molar-refractivity contribution in [1.82, 2.24) is 10.6 Å². The molecule has 0 aromatic heterocycles. The third-order valence-electron chi connectivity index (χ3n) is 6.35. The number of carbonyl (C=O) groups is 3. The number of esters is 1. The summed E-state index contributed by atoms with van der Waals surface area (Å²) in [5.41, 5.74) is -0.183. The predicted octanol–water partition coefficient (Wildman–Crippen LogP) is 2.17. The van der Waals surface area contributed by atoms with Crippen LogP contribution in [0.5, 0.6) is 0 Å². The second kappa shape index (κ2) is 8.40. The highest BCUT2D eigenvalue weighted by Crippen LogP contribution is 2.60. The van der Waals surface area contributed by atoms with Crippen molar-refractivity contribution in [3.05, 3.63) is 0 Å². The van der Waals surface area contributed by atoms with Gasteiger partial charge in [-0.1, -0.05) is 13.3 Å². The lowest BCUT2D eigenvalue weighted by Crippen LogP contribution is -2.53. The highest BCUT2D eigenvalue weighted by Gasteiger charge is 2.54. The van der Waals surface area contributed by atoms with Gasteiger partial charge in [0.15, 0.2) is 6.61 Å². The summed E-state index contributed by atoms with van der Waals surface area (Å²) < 4.78 is 4.96. The summed E-state index contributed by atoms with van der Waals surface area (Å²) in [7, 11) is 0. The molecular formula is C20H32N2O4. The van der Waals surface area contributed by atoms with E-state index in [4.69, 9.17) is 4.74 Å². The third kappa shape index (κ3) is 4.57. The Morgan fingerprint density at radius 1 is 0.962 bits per heavy atom. The van der Waals surface area contributed by atoms with Crippen LogP contribution < -0.4 is 10.6 Å². The van der Waals surface area contributed by atoms with E-state index in [1.165, 1.54) is 19.3 Å². The summed E-state index contributed by atoms with van der Waals surface area (Å²) in [5, 5.41) is 5.66. The summed E-state index contributed by atoms with van der Waals surface area (Å²) >= 11 is 0. The van der Waals surface area contributed by atoms with Crippen LogP contribution >= 0.6 is 0 Å². The summed E-state index contributed by atoms with van der Waals surface area (Å²) in [6.07, 6.45) is 9.01. The van der Waals surface area contributed by atoms with E-state index < -0.39 is 5.97 Å². The van der Waals surface area contributed by atoms with Crippen molar-refractivity contribution >= 4 is 17.8 Å². The van der Waals surface area contributed by atoms with Crippen molar-refractivity contribution in [3.63, 3.8) is 0 Å². The van der Waals surface area contributed by atoms with Crippen LogP contribution in [0.25, 0.3) is 0 Å². The third-order valence-corrected chi connectivity index (χ3v) is 6.35. The summed E-state index contributed by atoms with van der Waals surface area (Å²) in [4.78, 5) is 36.0. The molecule has 0 radical (unpaired) electrons. The van der Waals surface area contributed by atoms with Crippen LogP contribution in [0.4, 0.5) is 0 Å². The minimum absolute atomic E-state index is 0.111. The number of nitrogens with one attached hydrogen (secondary N) is 2. The molecule has 6 heteroatoms. The fourth-order valence-electron chi connectivity index (χ4n) is 5.53. The van der Waals surface area contributed by atoms with Crippen LogP contribution in [-0.2, 0) is 19.1 Å². The zero-order valence-corrected chi connectivity index (χ0v) is 15.9. The van der Waals surface area contributed by atoms with Crippen molar-refractivity contribution in [2.24, 2.45) is 23.2 Å². The lowest BCUT2D eigenvalue weighted by molar-refractivity contribution is -0.149. The largest absolute Gasteiger partial charge is 0.456 e. The van der Waals surface area contributed by atoms with Gasteiger partial charge in [0.2, 0.25) is 5.91 Å². The minimum atomic E-state index is -0.443. The lowest BCUT2D eigenvalue weighted by atomic mass is 9.49. The smallest absolute Gasteiger partial charge is 0.308 e. The molecule has 0 unspecified atom stereocenters. The van der Waals surface area contributed by atoms with E-state index in [1.807, 2.05) is 6.92 Å². The molecule has 26 heavy (non-hydrogen) atoms. The average Bonchev–Trinajstić information content (AvgIpc) is 2.59. The van der Waals surface area contributed by atoms with Gasteiger partial charge in [-0.15, -0.1) is 0 Å². The molecule has 4 saturated carbocycles. The maximum absolute atomic E-state index is 12.8. The maximum atomic E-state index is 12.8. The van der Waals surface area contributed by atoms with Gasteiger partial charge in [-0.3, -0.25) is 14.4 Å². The van der Waals surface area contributed by atoms with Crippen molar-refractivity contribution in [3.8, 4) is 0 Å². The first kappa shape index (κ1) is 19.2. The van der Waals surface area contributed by atoms with Crippen LogP contribution in [0.3, 0.4) is 0 Å². The zero-order chi connectivity index (χ0) is 18.6. The number of amides is 2. The maximum Gasteiger partial charge on any atom is 0.308 e. The van der Waals surface area contributed by atoms with Gasteiger partial charge in [0.25, 0.3) is 5.91 Å². The SMILES string of the molecule is CCCCNC(=O)COC(=O)CCNC(=O)C12CC3CC(CC(C3)C1)C2. The topological polar surface area (TPSA) is 84.5 Å². The Bertz CT molecular complexity index is 511. The molecule has 0 aromatic carbocycles. The number of carbonyl (C=O) groups excluding carboxylic acids is 3. The van der Waals surface area contributed by atoms with E-state index in [9.17, 15) is 14.4 Å². The van der Waals surface area contributed by atoms with Gasteiger partial charge in [0.05, 0.1) is 6.42 Å². The second-order valence-corrected chi connectivity index (χ2v) is 8.57. The quantitative estimate of drug-likeness (QED) is 0.485. The standard InChI is InChI=1S/C20H32N2O4/c1-2-3-5-21-17(23)13-26-18(24)4-6-22-19(25)20-10-14-7-15(11-20)9-16(8-14)12-20/h14-16H,2-13H2,1H3,(H,21,23)(H,22,25). The molecule has 4 fully saturated rings. The lowest BCUT2D eigenvalue weighted by Gasteiger charge is -2.55. The van der Waals surface area contributed by atoms with Gasteiger partial charge in [0, 0.05) is 18.5 Å². The van der Waals surface area contributed by atoms with Gasteiger partial charge in [-0.05, 0) is 62.7 Å². The zero-order valence-electron chi connectivity index (χ0n) is 15.9. The number of rotatable bonds is 9. The highest BCUT2D eigenvalue weighted by atomic mass is 16.5. The second-order valence-electron chi connectivity index (χ2n) is 8.57. The number of hydrogen-bond donors (Lipinski definition) is 2. The van der Waals surface area contributed by atoms with Gasteiger partial charge in [-0.2, -0.15) is 0 Å². The molecular weight excluding hydrogens is 332 g/mol. The van der Waals surface area contributed by atoms with E-state index in [-0.39, 0.29) is 36.8 Å². The van der Waals surface area contributed by atoms with Gasteiger partial charge < -0.3 is 15.4 Å². The summed E-state index contributed by atoms with van der Waals surface area (Å²) in [6.45, 7) is 2.69. The Kier molecular flexibility index (Phi) is 6.20. The summed E-state index contributed by atoms with van der Waals surface area (Å²) in [5.74, 6) is 1.59. The van der Waals surface area contributed by atoms with Gasteiger partial charge >= 0.3 is 5.97 Å². The number of unbranched alkanes of at least 4 members (excludes halogenated alkanes) is 1. The molecule has 0 saturated heterocycles. The number of ether oxygens (including phenoxy) is 1. The molecule has 0 aromatic rings. The van der Waals surface area contributed by atoms with Crippen LogP contribution in [0, 0.1) is 23.2 Å². The van der Waals surface area contributed by atoms with E-state index >= 15 is 0 Å². The van der Waals surface area contributed by atoms with Crippen molar-refractivity contribution in [2.45, 2.75) is 64.7 Å². The Hall–Kier alpha value is -1.59. The van der Waals surface area contributed by atoms with Crippen LogP contribution in [-0.4, -0.2) is 37.5 Å². The van der Waals surface area contributed by atoms with E-state index in [0.29, 0.717) is 6.54 Å². The first-order valence-corrected chi connectivity index (χ1v) is 10.2. The Labute approximate surface area is 155 Å². The van der Waals surface area contributed by atoms with Crippen LogP contribution in [0.1, 0.15) is 64.7 Å². The molecule has 0 atom stereocenters. The molecule has 4 bridgehead atoms. The fourth-order valence-corrected chi connectivity index (χ4v) is 5.53. The molecule has 0 heterocycles. The van der Waals surface area contributed by atoms with E-state index in [1.54, 1.807) is 0 Å². The predicted molar refractivity (Wildman–Crippen MR) is 97.1 cm³/mol. The minimum Gasteiger partial charge on any atom is -0.456 e. The van der Waals surface area contributed by atoms with Crippen molar-refractivity contribution in [1.29, 1.82) is 0 Å². The first-order chi connectivity index (χ1) is 12.5. The fraction of sp³-hybridized carbons (Fsp3) is 0.850. The Morgan fingerprint density at radius 2 is 1.58 bits per heavy atom. The summed E-state index contributed by atoms with van der Waals surface area (Å²) in [6, 6.07) is 0. The van der Waals surface area contributed by atoms with E-state index in [2.05, 4.69) is 10.6 Å². The molecule has 0 aliphatic heterocycles. The van der Waals surface area contributed by atoms with Crippen LogP contribution in [0.15, 0.2) is 0 Å². The highest BCUT2D eigenvalue weighted by molar-refractivity contribution is 5.84. The molecule has 4 aliphatic carbocycles. The molecule has 6 nitrogen and oxygen atoms in total. The van der Waals surface area contributed by atoms with Crippen LogP contribution in [0.2, 0.25) is 0 Å². The average molecular weight is 364 g/mol. The van der Waals surface area contributed by atoms with E-state index in [0.717, 1.165) is 49.9 Å². The molecule has 0 spiro atoms. The molecule has 2 amide bonds. The molecule has 146 valence electrons. The Balaban J connectivity index is 1.34. The molecule has 4 rings (SSSR count). The van der Waals surface area contributed by atoms with Crippen molar-refractivity contribution in [2.75, 3.05) is 19.7 Å². The Morgan fingerprint density at radius 3 is 2.15 bits per heavy atom. The van der Waals surface area contributed by atoms with Crippen molar-refractivity contribution < 1.29 is 19.1 Å². The molecule has 2 N–H and O–H groups in total. The first-order valence-electron chi connectivity index (χ1n) is 10.2.